The molecule has 0 aliphatic carbocycles. The Kier molecular flexibility index (Phi) is 2.78. The highest BCUT2D eigenvalue weighted by Crippen LogP contribution is 2.23. The fourth-order valence-electron chi connectivity index (χ4n) is 1.87. The number of nitrogens with zero attached hydrogens (tertiary/aromatic N) is 1. The largest absolute Gasteiger partial charge is 0.329 e. The summed E-state index contributed by atoms with van der Waals surface area (Å²) in [7, 11) is 0. The average Bonchev–Trinajstić information content (AvgIpc) is 2.91. The molecule has 0 fully saturated rings. The van der Waals surface area contributed by atoms with Gasteiger partial charge in [0, 0.05) is 0 Å². The van der Waals surface area contributed by atoms with Crippen molar-refractivity contribution in [3.63, 3.8) is 0 Å². The topological polar surface area (TPSA) is 20.7 Å². The van der Waals surface area contributed by atoms with Gasteiger partial charge in [-0.05, 0) is 46.7 Å². The van der Waals surface area contributed by atoms with Gasteiger partial charge in [-0.2, -0.15) is 11.3 Å². The molecule has 0 aliphatic rings. The first-order valence-corrected chi connectivity index (χ1v) is 6.87. The van der Waals surface area contributed by atoms with E-state index >= 15 is 0 Å². The van der Waals surface area contributed by atoms with Crippen LogP contribution in [0.15, 0.2) is 35.0 Å². The van der Waals surface area contributed by atoms with Crippen LogP contribution in [0.5, 0.6) is 0 Å². The highest BCUT2D eigenvalue weighted by molar-refractivity contribution is 7.71. The summed E-state index contributed by atoms with van der Waals surface area (Å²) in [6.45, 7) is 0.780. The number of halogens is 1. The molecule has 0 bridgehead atoms. The standard InChI is InChI=1S/C12H9ClN2S2/c13-9-2-1-3-10-11(9)14-12(16)15(10)6-8-4-5-17-7-8/h1-5,7H,6H2,(H,14,16). The van der Waals surface area contributed by atoms with E-state index in [9.17, 15) is 0 Å². The van der Waals surface area contributed by atoms with Gasteiger partial charge in [-0.15, -0.1) is 0 Å². The molecule has 0 saturated carbocycles. The zero-order chi connectivity index (χ0) is 11.8. The molecule has 0 atom stereocenters. The number of benzene rings is 1. The number of aromatic amines is 1. The lowest BCUT2D eigenvalue weighted by Crippen LogP contribution is -1.97. The molecular weight excluding hydrogens is 272 g/mol. The van der Waals surface area contributed by atoms with Gasteiger partial charge < -0.3 is 9.55 Å². The molecule has 2 nitrogen and oxygen atoms in total. The molecule has 0 saturated heterocycles. The van der Waals surface area contributed by atoms with E-state index in [0.717, 1.165) is 17.6 Å². The van der Waals surface area contributed by atoms with Crippen molar-refractivity contribution in [2.24, 2.45) is 0 Å². The zero-order valence-electron chi connectivity index (χ0n) is 8.81. The third-order valence-corrected chi connectivity index (χ3v) is 4.05. The Labute approximate surface area is 112 Å². The molecule has 0 unspecified atom stereocenters. The van der Waals surface area contributed by atoms with E-state index in [4.69, 9.17) is 23.8 Å². The van der Waals surface area contributed by atoms with E-state index in [1.807, 2.05) is 18.2 Å². The molecule has 0 aliphatic heterocycles. The Balaban J connectivity index is 2.19. The highest BCUT2D eigenvalue weighted by atomic mass is 35.5. The van der Waals surface area contributed by atoms with Crippen molar-refractivity contribution in [3.8, 4) is 0 Å². The van der Waals surface area contributed by atoms with Crippen LogP contribution in [-0.4, -0.2) is 9.55 Å². The summed E-state index contributed by atoms with van der Waals surface area (Å²) in [4.78, 5) is 3.16. The third-order valence-electron chi connectivity index (χ3n) is 2.68. The van der Waals surface area contributed by atoms with E-state index in [1.54, 1.807) is 11.3 Å². The summed E-state index contributed by atoms with van der Waals surface area (Å²) < 4.78 is 2.78. The summed E-state index contributed by atoms with van der Waals surface area (Å²) in [5.74, 6) is 0. The number of imidazole rings is 1. The molecule has 0 spiro atoms. The number of para-hydroxylation sites is 1. The second-order valence-corrected chi connectivity index (χ2v) is 5.36. The van der Waals surface area contributed by atoms with E-state index in [2.05, 4.69) is 26.4 Å². The van der Waals surface area contributed by atoms with Crippen LogP contribution in [0.25, 0.3) is 11.0 Å². The molecule has 5 heteroatoms. The van der Waals surface area contributed by atoms with Gasteiger partial charge in [-0.3, -0.25) is 0 Å². The van der Waals surface area contributed by atoms with Crippen LogP contribution in [-0.2, 0) is 6.54 Å². The van der Waals surface area contributed by atoms with Crippen LogP contribution >= 0.6 is 35.2 Å². The van der Waals surface area contributed by atoms with E-state index in [0.29, 0.717) is 9.79 Å². The van der Waals surface area contributed by atoms with Crippen LogP contribution in [0.3, 0.4) is 0 Å². The minimum Gasteiger partial charge on any atom is -0.329 e. The lowest BCUT2D eigenvalue weighted by Gasteiger charge is -2.02. The number of thiophene rings is 1. The van der Waals surface area contributed by atoms with Crippen LogP contribution in [0, 0.1) is 4.77 Å². The Morgan fingerprint density at radius 2 is 2.24 bits per heavy atom. The number of H-pyrrole nitrogens is 1. The first kappa shape index (κ1) is 11.0. The fraction of sp³-hybridized carbons (Fsp3) is 0.0833. The van der Waals surface area contributed by atoms with Gasteiger partial charge in [0.05, 0.1) is 22.6 Å². The monoisotopic (exact) mass is 280 g/mol. The van der Waals surface area contributed by atoms with Gasteiger partial charge in [0.1, 0.15) is 0 Å². The molecule has 3 aromatic rings. The summed E-state index contributed by atoms with van der Waals surface area (Å²) in [6, 6.07) is 7.94. The third kappa shape index (κ3) is 1.92. The molecule has 1 N–H and O–H groups in total. The van der Waals surface area contributed by atoms with Gasteiger partial charge in [0.15, 0.2) is 4.77 Å². The van der Waals surface area contributed by atoms with Gasteiger partial charge in [-0.1, -0.05) is 17.7 Å². The van der Waals surface area contributed by atoms with Crippen LogP contribution in [0.4, 0.5) is 0 Å². The minimum atomic E-state index is 0.706. The molecular formula is C12H9ClN2S2. The van der Waals surface area contributed by atoms with Crippen molar-refractivity contribution in [3.05, 3.63) is 50.4 Å². The predicted molar refractivity (Wildman–Crippen MR) is 75.6 cm³/mol. The summed E-state index contributed by atoms with van der Waals surface area (Å²) in [5.41, 5.74) is 3.22. The Bertz CT molecular complexity index is 710. The molecule has 3 rings (SSSR count). The Morgan fingerprint density at radius 3 is 3.00 bits per heavy atom. The quantitative estimate of drug-likeness (QED) is 0.687. The highest BCUT2D eigenvalue weighted by Gasteiger charge is 2.07. The van der Waals surface area contributed by atoms with Crippen molar-refractivity contribution in [1.29, 1.82) is 0 Å². The van der Waals surface area contributed by atoms with E-state index in [1.165, 1.54) is 5.56 Å². The molecule has 0 radical (unpaired) electrons. The minimum absolute atomic E-state index is 0.706. The van der Waals surface area contributed by atoms with Crippen molar-refractivity contribution in [2.75, 3.05) is 0 Å². The molecule has 1 aromatic carbocycles. The Morgan fingerprint density at radius 1 is 1.35 bits per heavy atom. The van der Waals surface area contributed by atoms with E-state index < -0.39 is 0 Å². The molecule has 0 amide bonds. The number of rotatable bonds is 2. The Hall–Kier alpha value is -1.10. The number of fused-ring (bicyclic) bond motifs is 1. The normalized spacial score (nSPS) is 11.1. The SMILES string of the molecule is S=c1[nH]c2c(Cl)cccc2n1Cc1ccsc1. The van der Waals surface area contributed by atoms with Crippen molar-refractivity contribution in [1.82, 2.24) is 9.55 Å². The lowest BCUT2D eigenvalue weighted by atomic mass is 10.3. The van der Waals surface area contributed by atoms with Gasteiger partial charge in [0.25, 0.3) is 0 Å². The van der Waals surface area contributed by atoms with Crippen molar-refractivity contribution in [2.45, 2.75) is 6.54 Å². The number of hydrogen-bond donors (Lipinski definition) is 1. The van der Waals surface area contributed by atoms with Gasteiger partial charge in [0.2, 0.25) is 0 Å². The second-order valence-electron chi connectivity index (χ2n) is 3.78. The molecule has 17 heavy (non-hydrogen) atoms. The van der Waals surface area contributed by atoms with Gasteiger partial charge in [-0.25, -0.2) is 0 Å². The fourth-order valence-corrected chi connectivity index (χ4v) is 3.01. The van der Waals surface area contributed by atoms with Crippen molar-refractivity contribution >= 4 is 46.2 Å². The summed E-state index contributed by atoms with van der Waals surface area (Å²) >= 11 is 13.2. The maximum atomic E-state index is 6.14. The van der Waals surface area contributed by atoms with E-state index in [-0.39, 0.29) is 0 Å². The summed E-state index contributed by atoms with van der Waals surface area (Å²) in [6.07, 6.45) is 0. The number of aromatic nitrogens is 2. The predicted octanol–water partition coefficient (Wildman–Crippen LogP) is 4.46. The van der Waals surface area contributed by atoms with Crippen molar-refractivity contribution < 1.29 is 0 Å². The van der Waals surface area contributed by atoms with Gasteiger partial charge >= 0.3 is 0 Å². The number of nitrogens with one attached hydrogen (secondary N) is 1. The molecule has 86 valence electrons. The summed E-state index contributed by atoms with van der Waals surface area (Å²) in [5, 5.41) is 4.91. The average molecular weight is 281 g/mol. The maximum Gasteiger partial charge on any atom is 0.178 e. The number of hydrogen-bond acceptors (Lipinski definition) is 2. The lowest BCUT2D eigenvalue weighted by molar-refractivity contribution is 0.813. The molecule has 2 aromatic heterocycles. The second kappa shape index (κ2) is 4.29. The molecule has 2 heterocycles. The maximum absolute atomic E-state index is 6.14. The first-order chi connectivity index (χ1) is 8.25. The van der Waals surface area contributed by atoms with Crippen LogP contribution in [0.1, 0.15) is 5.56 Å². The van der Waals surface area contributed by atoms with Crippen LogP contribution in [0.2, 0.25) is 5.02 Å². The first-order valence-electron chi connectivity index (χ1n) is 5.14. The smallest absolute Gasteiger partial charge is 0.178 e. The zero-order valence-corrected chi connectivity index (χ0v) is 11.2. The van der Waals surface area contributed by atoms with Crippen LogP contribution < -0.4 is 0 Å².